The minimum absolute atomic E-state index is 0.0234. The van der Waals surface area contributed by atoms with Crippen molar-refractivity contribution in [1.82, 2.24) is 20.9 Å². The van der Waals surface area contributed by atoms with Gasteiger partial charge in [-0.25, -0.2) is 0 Å². The number of nitrogens with one attached hydrogen (secondary N) is 2. The van der Waals surface area contributed by atoms with E-state index >= 15 is 0 Å². The van der Waals surface area contributed by atoms with E-state index in [2.05, 4.69) is 22.0 Å². The minimum Gasteiger partial charge on any atom is -0.386 e. The van der Waals surface area contributed by atoms with Gasteiger partial charge in [-0.05, 0) is 17.8 Å². The summed E-state index contributed by atoms with van der Waals surface area (Å²) in [7, 11) is 0. The SMILES string of the molecule is C=C(NO)[C@@H](O)[C@@H](CC(C)C)C(=O)N[C@H](c1noc(C(C)C)n1)C(C)(C)C. The lowest BCUT2D eigenvalue weighted by Crippen LogP contribution is -2.45. The molecule has 1 rings (SSSR count). The van der Waals surface area contributed by atoms with Gasteiger partial charge in [0.1, 0.15) is 6.10 Å². The van der Waals surface area contributed by atoms with Crippen LogP contribution in [0.5, 0.6) is 0 Å². The normalized spacial score (nSPS) is 15.5. The average Bonchev–Trinajstić information content (AvgIpc) is 3.04. The van der Waals surface area contributed by atoms with Crippen LogP contribution >= 0.6 is 0 Å². The van der Waals surface area contributed by atoms with Crippen LogP contribution in [0.25, 0.3) is 0 Å². The number of carbonyl (C=O) groups is 1. The van der Waals surface area contributed by atoms with Gasteiger partial charge < -0.3 is 14.9 Å². The lowest BCUT2D eigenvalue weighted by molar-refractivity contribution is -0.130. The first kappa shape index (κ1) is 23.1. The Hall–Kier alpha value is -1.93. The van der Waals surface area contributed by atoms with Gasteiger partial charge in [-0.3, -0.25) is 15.5 Å². The summed E-state index contributed by atoms with van der Waals surface area (Å²) < 4.78 is 5.29. The molecule has 4 N–H and O–H groups in total. The van der Waals surface area contributed by atoms with Crippen molar-refractivity contribution in [3.63, 3.8) is 0 Å². The van der Waals surface area contributed by atoms with Crippen molar-refractivity contribution in [3.05, 3.63) is 24.0 Å². The van der Waals surface area contributed by atoms with Gasteiger partial charge in [0.2, 0.25) is 11.8 Å². The van der Waals surface area contributed by atoms with Gasteiger partial charge in [0.15, 0.2) is 5.82 Å². The fraction of sp³-hybridized carbons (Fsp3) is 0.737. The Labute approximate surface area is 161 Å². The Balaban J connectivity index is 3.13. The van der Waals surface area contributed by atoms with E-state index in [4.69, 9.17) is 9.73 Å². The van der Waals surface area contributed by atoms with Crippen molar-refractivity contribution in [2.75, 3.05) is 0 Å². The number of aliphatic hydroxyl groups excluding tert-OH is 1. The second-order valence-corrected chi connectivity index (χ2v) is 8.77. The standard InChI is InChI=1S/C19H34N4O4/c1-10(2)9-13(14(24)12(5)22-26)17(25)20-15(19(6,7)8)16-21-18(11(3)4)27-23-16/h10-11,13-15,22,24,26H,5,9H2,1-4,6-8H3,(H,20,25)/t13-,14-,15-/m1/s1. The van der Waals surface area contributed by atoms with Crippen molar-refractivity contribution in [3.8, 4) is 0 Å². The lowest BCUT2D eigenvalue weighted by Gasteiger charge is -2.32. The minimum atomic E-state index is -1.23. The molecule has 0 saturated carbocycles. The highest BCUT2D eigenvalue weighted by Crippen LogP contribution is 2.33. The molecule has 0 spiro atoms. The van der Waals surface area contributed by atoms with Gasteiger partial charge in [-0.1, -0.05) is 60.2 Å². The van der Waals surface area contributed by atoms with Gasteiger partial charge >= 0.3 is 0 Å². The Morgan fingerprint density at radius 3 is 2.26 bits per heavy atom. The zero-order valence-corrected chi connectivity index (χ0v) is 17.4. The maximum Gasteiger partial charge on any atom is 0.229 e. The topological polar surface area (TPSA) is 121 Å². The molecule has 0 fully saturated rings. The predicted octanol–water partition coefficient (Wildman–Crippen LogP) is 2.91. The number of nitrogens with zero attached hydrogens (tertiary/aromatic N) is 2. The van der Waals surface area contributed by atoms with Crippen molar-refractivity contribution >= 4 is 5.91 Å². The van der Waals surface area contributed by atoms with Crippen LogP contribution < -0.4 is 10.8 Å². The van der Waals surface area contributed by atoms with Crippen molar-refractivity contribution in [1.29, 1.82) is 0 Å². The summed E-state index contributed by atoms with van der Waals surface area (Å²) in [4.78, 5) is 17.4. The summed E-state index contributed by atoms with van der Waals surface area (Å²) in [5.41, 5.74) is 1.44. The fourth-order valence-corrected chi connectivity index (χ4v) is 2.71. The van der Waals surface area contributed by atoms with E-state index in [0.29, 0.717) is 18.1 Å². The van der Waals surface area contributed by atoms with Gasteiger partial charge in [0.05, 0.1) is 17.7 Å². The van der Waals surface area contributed by atoms with E-state index in [0.717, 1.165) is 0 Å². The number of amides is 1. The van der Waals surface area contributed by atoms with Gasteiger partial charge in [0, 0.05) is 5.92 Å². The quantitative estimate of drug-likeness (QED) is 0.485. The monoisotopic (exact) mass is 382 g/mol. The number of hydrogen-bond acceptors (Lipinski definition) is 7. The molecule has 0 aliphatic rings. The van der Waals surface area contributed by atoms with E-state index in [-0.39, 0.29) is 28.9 Å². The number of aromatic nitrogens is 2. The zero-order chi connectivity index (χ0) is 20.9. The molecule has 0 aromatic carbocycles. The summed E-state index contributed by atoms with van der Waals surface area (Å²) in [5, 5.41) is 26.5. The second-order valence-electron chi connectivity index (χ2n) is 8.77. The summed E-state index contributed by atoms with van der Waals surface area (Å²) in [6, 6.07) is -0.501. The summed E-state index contributed by atoms with van der Waals surface area (Å²) in [5.74, 6) is 0.00759. The van der Waals surface area contributed by atoms with Crippen LogP contribution in [0.2, 0.25) is 0 Å². The zero-order valence-electron chi connectivity index (χ0n) is 17.4. The van der Waals surface area contributed by atoms with Crippen molar-refractivity contribution in [2.24, 2.45) is 17.3 Å². The molecule has 1 heterocycles. The molecule has 3 atom stereocenters. The fourth-order valence-electron chi connectivity index (χ4n) is 2.71. The van der Waals surface area contributed by atoms with E-state index in [1.54, 1.807) is 0 Å². The molecule has 0 unspecified atom stereocenters. The van der Waals surface area contributed by atoms with Crippen LogP contribution in [0, 0.1) is 17.3 Å². The first-order valence-electron chi connectivity index (χ1n) is 9.29. The molecule has 1 aromatic rings. The van der Waals surface area contributed by atoms with Crippen LogP contribution in [-0.2, 0) is 4.79 Å². The van der Waals surface area contributed by atoms with Crippen LogP contribution in [0.1, 0.15) is 78.6 Å². The van der Waals surface area contributed by atoms with Crippen LogP contribution in [0.4, 0.5) is 0 Å². The van der Waals surface area contributed by atoms with E-state index in [1.165, 1.54) is 0 Å². The third-order valence-corrected chi connectivity index (χ3v) is 4.31. The predicted molar refractivity (Wildman–Crippen MR) is 102 cm³/mol. The Bertz CT molecular complexity index is 634. The molecule has 0 bridgehead atoms. The van der Waals surface area contributed by atoms with E-state index in [1.807, 2.05) is 53.9 Å². The highest BCUT2D eigenvalue weighted by atomic mass is 16.5. The number of rotatable bonds is 9. The van der Waals surface area contributed by atoms with Crippen molar-refractivity contribution < 1.29 is 19.6 Å². The highest BCUT2D eigenvalue weighted by Gasteiger charge is 2.36. The van der Waals surface area contributed by atoms with Crippen LogP contribution in [0.15, 0.2) is 16.8 Å². The molecule has 1 amide bonds. The molecule has 8 heteroatoms. The molecule has 0 aliphatic heterocycles. The average molecular weight is 383 g/mol. The molecule has 8 nitrogen and oxygen atoms in total. The third kappa shape index (κ3) is 6.32. The lowest BCUT2D eigenvalue weighted by atomic mass is 9.84. The van der Waals surface area contributed by atoms with Gasteiger partial charge in [0.25, 0.3) is 0 Å². The molecular weight excluding hydrogens is 348 g/mol. The number of aliphatic hydroxyl groups is 1. The summed E-state index contributed by atoms with van der Waals surface area (Å²) in [6.45, 7) is 17.3. The maximum atomic E-state index is 13.0. The molecule has 1 aromatic heterocycles. The number of carbonyl (C=O) groups excluding carboxylic acids is 1. The third-order valence-electron chi connectivity index (χ3n) is 4.31. The van der Waals surface area contributed by atoms with E-state index < -0.39 is 18.1 Å². The molecular formula is C19H34N4O4. The molecule has 27 heavy (non-hydrogen) atoms. The maximum absolute atomic E-state index is 13.0. The molecule has 0 radical (unpaired) electrons. The Kier molecular flexibility index (Phi) is 7.98. The first-order valence-corrected chi connectivity index (χ1v) is 9.29. The smallest absolute Gasteiger partial charge is 0.229 e. The van der Waals surface area contributed by atoms with Gasteiger partial charge in [-0.15, -0.1) is 0 Å². The Morgan fingerprint density at radius 2 is 1.85 bits per heavy atom. The summed E-state index contributed by atoms with van der Waals surface area (Å²) in [6.07, 6.45) is -0.803. The molecule has 0 aliphatic carbocycles. The first-order chi connectivity index (χ1) is 12.4. The largest absolute Gasteiger partial charge is 0.386 e. The molecule has 154 valence electrons. The molecule has 0 saturated heterocycles. The van der Waals surface area contributed by atoms with Crippen molar-refractivity contribution in [2.45, 2.75) is 73.0 Å². The van der Waals surface area contributed by atoms with E-state index in [9.17, 15) is 9.90 Å². The Morgan fingerprint density at radius 1 is 1.26 bits per heavy atom. The second kappa shape index (κ2) is 9.32. The summed E-state index contributed by atoms with van der Waals surface area (Å²) >= 11 is 0. The number of hydroxylamine groups is 1. The highest BCUT2D eigenvalue weighted by molar-refractivity contribution is 5.80. The van der Waals surface area contributed by atoms with Gasteiger partial charge in [-0.2, -0.15) is 4.98 Å². The number of hydrogen-bond donors (Lipinski definition) is 4. The van der Waals surface area contributed by atoms with Crippen LogP contribution in [-0.4, -0.2) is 32.5 Å². The van der Waals surface area contributed by atoms with Crippen LogP contribution in [0.3, 0.4) is 0 Å².